The maximum absolute atomic E-state index is 13.2. The number of ether oxygens (including phenoxy) is 1. The van der Waals surface area contributed by atoms with Crippen molar-refractivity contribution >= 4 is 21.8 Å². The first-order valence-electron chi connectivity index (χ1n) is 9.40. The summed E-state index contributed by atoms with van der Waals surface area (Å²) < 4.78 is 33.2. The van der Waals surface area contributed by atoms with Crippen molar-refractivity contribution in [3.05, 3.63) is 65.0 Å². The third-order valence-electron chi connectivity index (χ3n) is 5.51. The molecule has 0 spiro atoms. The summed E-state index contributed by atoms with van der Waals surface area (Å²) in [6, 6.07) is 7.55. The largest absolute Gasteiger partial charge is 0.444 e. The maximum Gasteiger partial charge on any atom is 0.414 e. The van der Waals surface area contributed by atoms with E-state index < -0.39 is 10.0 Å². The van der Waals surface area contributed by atoms with Crippen molar-refractivity contribution in [3.8, 4) is 0 Å². The van der Waals surface area contributed by atoms with Gasteiger partial charge >= 0.3 is 6.09 Å². The number of nitrogens with zero attached hydrogens (tertiary/aromatic N) is 3. The Kier molecular flexibility index (Phi) is 4.34. The Balaban J connectivity index is 1.34. The highest BCUT2D eigenvalue weighted by Gasteiger charge is 2.39. The van der Waals surface area contributed by atoms with Gasteiger partial charge < -0.3 is 4.74 Å². The van der Waals surface area contributed by atoms with Crippen LogP contribution in [0.25, 0.3) is 0 Å². The van der Waals surface area contributed by atoms with Crippen LogP contribution in [0, 0.1) is 0 Å². The second-order valence-corrected chi connectivity index (χ2v) is 9.03. The summed E-state index contributed by atoms with van der Waals surface area (Å²) in [6.45, 7) is 0.908. The molecule has 1 amide bonds. The van der Waals surface area contributed by atoms with Crippen LogP contribution in [0.15, 0.2) is 59.4 Å². The molecule has 0 atom stereocenters. The standard InChI is InChI=1S/C19H20N4O5S/c24-19-23(16-5-2-1-4-14(16)13-27-19)15-7-10-21(11-8-15)29(25,26)18-6-3-9-22-17(18)12-20-28-22/h1-6,9,12,15,20H,7-8,10-11,13H2. The third-order valence-corrected chi connectivity index (χ3v) is 7.46. The minimum atomic E-state index is -3.69. The molecule has 9 nitrogen and oxygen atoms in total. The quantitative estimate of drug-likeness (QED) is 0.805. The number of allylic oxidation sites excluding steroid dienone is 2. The molecule has 29 heavy (non-hydrogen) atoms. The van der Waals surface area contributed by atoms with Crippen LogP contribution in [-0.4, -0.2) is 43.0 Å². The fourth-order valence-electron chi connectivity index (χ4n) is 4.06. The maximum atomic E-state index is 13.2. The fraction of sp³-hybridized carbons (Fsp3) is 0.316. The van der Waals surface area contributed by atoms with Gasteiger partial charge in [-0.15, -0.1) is 0 Å². The van der Waals surface area contributed by atoms with Crippen molar-refractivity contribution in [2.24, 2.45) is 0 Å². The predicted octanol–water partition coefficient (Wildman–Crippen LogP) is 1.94. The van der Waals surface area contributed by atoms with E-state index in [1.807, 2.05) is 24.3 Å². The molecule has 1 aromatic rings. The Morgan fingerprint density at radius 2 is 1.93 bits per heavy atom. The zero-order valence-corrected chi connectivity index (χ0v) is 16.3. The number of sulfonamides is 1. The van der Waals surface area contributed by atoms with Crippen molar-refractivity contribution in [2.75, 3.05) is 18.0 Å². The number of benzene rings is 1. The molecule has 152 valence electrons. The van der Waals surface area contributed by atoms with E-state index in [0.717, 1.165) is 11.3 Å². The highest BCUT2D eigenvalue weighted by atomic mass is 32.2. The number of cyclic esters (lactones) is 1. The summed E-state index contributed by atoms with van der Waals surface area (Å²) in [6.07, 6.45) is 7.03. The molecule has 4 aliphatic heterocycles. The molecule has 0 aromatic heterocycles. The van der Waals surface area contributed by atoms with Crippen molar-refractivity contribution < 1.29 is 22.9 Å². The predicted molar refractivity (Wildman–Crippen MR) is 104 cm³/mol. The first-order chi connectivity index (χ1) is 14.1. The summed E-state index contributed by atoms with van der Waals surface area (Å²) in [5, 5.41) is 1.38. The van der Waals surface area contributed by atoms with Crippen LogP contribution in [0.1, 0.15) is 18.4 Å². The first-order valence-corrected chi connectivity index (χ1v) is 10.8. The first kappa shape index (κ1) is 18.2. The molecule has 0 radical (unpaired) electrons. The van der Waals surface area contributed by atoms with Crippen molar-refractivity contribution in [3.63, 3.8) is 0 Å². The number of carbonyl (C=O) groups excluding carboxylic acids is 1. The number of rotatable bonds is 3. The number of carbonyl (C=O) groups is 1. The van der Waals surface area contributed by atoms with Gasteiger partial charge in [0.25, 0.3) is 0 Å². The second kappa shape index (κ2) is 6.90. The van der Waals surface area contributed by atoms with E-state index in [0.29, 0.717) is 31.6 Å². The molecule has 4 aliphatic rings. The summed E-state index contributed by atoms with van der Waals surface area (Å²) in [4.78, 5) is 19.4. The lowest BCUT2D eigenvalue weighted by molar-refractivity contribution is -0.112. The zero-order chi connectivity index (χ0) is 20.0. The van der Waals surface area contributed by atoms with Crippen LogP contribution in [0.4, 0.5) is 10.5 Å². The molecule has 4 heterocycles. The Morgan fingerprint density at radius 1 is 1.14 bits per heavy atom. The average Bonchev–Trinajstić information content (AvgIpc) is 3.22. The lowest BCUT2D eigenvalue weighted by Gasteiger charge is -2.40. The van der Waals surface area contributed by atoms with E-state index in [9.17, 15) is 13.2 Å². The number of hydrogen-bond donors (Lipinski definition) is 1. The molecule has 1 aromatic carbocycles. The van der Waals surface area contributed by atoms with E-state index in [2.05, 4.69) is 5.48 Å². The van der Waals surface area contributed by atoms with Crippen LogP contribution in [0.3, 0.4) is 0 Å². The second-order valence-electron chi connectivity index (χ2n) is 7.13. The van der Waals surface area contributed by atoms with Crippen LogP contribution in [-0.2, 0) is 26.3 Å². The van der Waals surface area contributed by atoms with Crippen LogP contribution >= 0.6 is 0 Å². The molecule has 1 N–H and O–H groups in total. The molecule has 10 heteroatoms. The number of amides is 1. The van der Waals surface area contributed by atoms with Gasteiger partial charge in [-0.2, -0.15) is 9.24 Å². The van der Waals surface area contributed by atoms with Gasteiger partial charge in [-0.1, -0.05) is 18.2 Å². The molecule has 0 aliphatic carbocycles. The summed E-state index contributed by atoms with van der Waals surface area (Å²) in [5.41, 5.74) is 4.82. The molecule has 1 saturated heterocycles. The molecular formula is C19H20N4O5S. The monoisotopic (exact) mass is 416 g/mol. The van der Waals surface area contributed by atoms with Gasteiger partial charge in [-0.05, 0) is 31.1 Å². The topological polar surface area (TPSA) is 91.4 Å². The van der Waals surface area contributed by atoms with E-state index >= 15 is 0 Å². The summed E-state index contributed by atoms with van der Waals surface area (Å²) in [7, 11) is -3.69. The SMILES string of the molecule is O=C1OCc2ccccc2N1C1CCN(S(=O)(=O)C2=CC=CN3ONC=C23)CC1. The van der Waals surface area contributed by atoms with E-state index in [-0.39, 0.29) is 23.6 Å². The number of hydrogen-bond acceptors (Lipinski definition) is 7. The smallest absolute Gasteiger partial charge is 0.414 e. The molecule has 0 bridgehead atoms. The van der Waals surface area contributed by atoms with E-state index in [1.165, 1.54) is 15.6 Å². The Bertz CT molecular complexity index is 1040. The van der Waals surface area contributed by atoms with Gasteiger partial charge in [-0.25, -0.2) is 23.8 Å². The highest BCUT2D eigenvalue weighted by Crippen LogP contribution is 2.34. The Hall–Kier alpha value is -2.82. The van der Waals surface area contributed by atoms with Crippen molar-refractivity contribution in [1.82, 2.24) is 14.8 Å². The molecule has 0 unspecified atom stereocenters. The molecule has 5 rings (SSSR count). The molecular weight excluding hydrogens is 396 g/mol. The minimum absolute atomic E-state index is 0.108. The number of para-hydroxylation sites is 1. The number of anilines is 1. The number of piperidine rings is 1. The van der Waals surface area contributed by atoms with Crippen molar-refractivity contribution in [1.29, 1.82) is 0 Å². The van der Waals surface area contributed by atoms with Crippen molar-refractivity contribution in [2.45, 2.75) is 25.5 Å². The highest BCUT2D eigenvalue weighted by molar-refractivity contribution is 7.93. The van der Waals surface area contributed by atoms with E-state index in [4.69, 9.17) is 9.68 Å². The van der Waals surface area contributed by atoms with Crippen LogP contribution < -0.4 is 10.4 Å². The summed E-state index contributed by atoms with van der Waals surface area (Å²) in [5.74, 6) is 0. The number of nitrogens with one attached hydrogen (secondary N) is 1. The molecule has 0 saturated carbocycles. The van der Waals surface area contributed by atoms with Gasteiger partial charge in [0.2, 0.25) is 10.0 Å². The number of hydroxylamine groups is 3. The Morgan fingerprint density at radius 3 is 2.76 bits per heavy atom. The number of fused-ring (bicyclic) bond motifs is 2. The van der Waals surface area contributed by atoms with Gasteiger partial charge in [0.05, 0.1) is 11.9 Å². The lowest BCUT2D eigenvalue weighted by atomic mass is 10.0. The van der Waals surface area contributed by atoms with Crippen LogP contribution in [0.2, 0.25) is 0 Å². The lowest BCUT2D eigenvalue weighted by Crippen LogP contribution is -2.50. The fourth-order valence-corrected chi connectivity index (χ4v) is 5.69. The van der Waals surface area contributed by atoms with Crippen LogP contribution in [0.5, 0.6) is 0 Å². The average molecular weight is 416 g/mol. The van der Waals surface area contributed by atoms with Gasteiger partial charge in [0.15, 0.2) is 0 Å². The van der Waals surface area contributed by atoms with Gasteiger partial charge in [0.1, 0.15) is 17.2 Å². The zero-order valence-electron chi connectivity index (χ0n) is 15.5. The Labute approximate surface area is 168 Å². The molecule has 1 fully saturated rings. The van der Waals surface area contributed by atoms with Gasteiger partial charge in [0, 0.05) is 30.9 Å². The normalized spacial score (nSPS) is 22.4. The van der Waals surface area contributed by atoms with Gasteiger partial charge in [-0.3, -0.25) is 4.90 Å². The minimum Gasteiger partial charge on any atom is -0.444 e. The third kappa shape index (κ3) is 3.00. The summed E-state index contributed by atoms with van der Waals surface area (Å²) >= 11 is 0. The van der Waals surface area contributed by atoms with E-state index in [1.54, 1.807) is 23.3 Å².